The molecule has 5 heteroatoms. The van der Waals surface area contributed by atoms with Gasteiger partial charge in [0.25, 0.3) is 0 Å². The summed E-state index contributed by atoms with van der Waals surface area (Å²) in [7, 11) is -1.65. The molecule has 0 fully saturated rings. The maximum Gasteiger partial charge on any atom is 0.242 e. The van der Waals surface area contributed by atoms with Gasteiger partial charge in [0.05, 0.1) is 11.9 Å². The molecule has 1 aromatic heterocycles. The summed E-state index contributed by atoms with van der Waals surface area (Å²) in [6, 6.07) is 7.81. The lowest BCUT2D eigenvalue weighted by Gasteiger charge is -2.20. The van der Waals surface area contributed by atoms with Gasteiger partial charge in [-0.25, -0.2) is 0 Å². The Kier molecular flexibility index (Phi) is 4.29. The number of hydrogen-bond acceptors (Lipinski definition) is 4. The molecular weight excluding hydrogens is 266 g/mol. The topological polar surface area (TPSA) is 47.4 Å². The lowest BCUT2D eigenvalue weighted by atomic mass is 10.3. The Morgan fingerprint density at radius 2 is 1.80 bits per heavy atom. The van der Waals surface area contributed by atoms with Crippen LogP contribution < -0.4 is 4.43 Å². The van der Waals surface area contributed by atoms with Crippen molar-refractivity contribution >= 4 is 20.2 Å². The lowest BCUT2D eigenvalue weighted by Crippen LogP contribution is -2.29. The predicted molar refractivity (Wildman–Crippen MR) is 84.4 cm³/mol. The van der Waals surface area contributed by atoms with Gasteiger partial charge in [-0.15, -0.1) is 0 Å². The minimum absolute atomic E-state index is 0.773. The Balaban J connectivity index is 2.28. The second-order valence-electron chi connectivity index (χ2n) is 5.47. The number of hydrogen-bond donors (Lipinski definition) is 0. The van der Waals surface area contributed by atoms with Crippen LogP contribution in [0.4, 0.5) is 5.69 Å². The van der Waals surface area contributed by atoms with Gasteiger partial charge in [0, 0.05) is 12.4 Å². The van der Waals surface area contributed by atoms with Crippen molar-refractivity contribution in [1.29, 1.82) is 0 Å². The fraction of sp³-hybridized carbons (Fsp3) is 0.267. The third-order valence-electron chi connectivity index (χ3n) is 2.53. The normalized spacial score (nSPS) is 11.8. The number of aryl methyl sites for hydroxylation is 1. The van der Waals surface area contributed by atoms with E-state index >= 15 is 0 Å². The number of rotatable bonds is 4. The number of aliphatic imine (C=N–C) groups is 1. The van der Waals surface area contributed by atoms with Gasteiger partial charge in [-0.05, 0) is 38.7 Å². The van der Waals surface area contributed by atoms with Crippen LogP contribution in [0.15, 0.2) is 41.7 Å². The maximum atomic E-state index is 6.04. The summed E-state index contributed by atoms with van der Waals surface area (Å²) in [5.74, 6) is 0.824. The molecule has 0 N–H and O–H groups in total. The molecule has 0 radical (unpaired) electrons. The van der Waals surface area contributed by atoms with Gasteiger partial charge in [-0.1, -0.05) is 12.1 Å². The lowest BCUT2D eigenvalue weighted by molar-refractivity contribution is 0.559. The molecule has 104 valence electrons. The first-order valence-electron chi connectivity index (χ1n) is 6.55. The van der Waals surface area contributed by atoms with Gasteiger partial charge in [0.1, 0.15) is 17.1 Å². The van der Waals surface area contributed by atoms with Crippen molar-refractivity contribution in [2.75, 3.05) is 0 Å². The van der Waals surface area contributed by atoms with Gasteiger partial charge in [-0.3, -0.25) is 15.0 Å². The number of nitrogens with zero attached hydrogens (tertiary/aromatic N) is 3. The second kappa shape index (κ2) is 5.96. The van der Waals surface area contributed by atoms with Crippen LogP contribution in [-0.2, 0) is 0 Å². The van der Waals surface area contributed by atoms with Crippen LogP contribution in [0.5, 0.6) is 5.75 Å². The Morgan fingerprint density at radius 1 is 1.10 bits per heavy atom. The van der Waals surface area contributed by atoms with Crippen LogP contribution in [-0.4, -0.2) is 24.5 Å². The van der Waals surface area contributed by atoms with Crippen molar-refractivity contribution in [3.8, 4) is 5.75 Å². The zero-order valence-corrected chi connectivity index (χ0v) is 13.3. The molecule has 0 unspecified atom stereocenters. The molecule has 2 aromatic rings. The Morgan fingerprint density at radius 3 is 2.50 bits per heavy atom. The predicted octanol–water partition coefficient (Wildman–Crippen LogP) is 3.75. The smallest absolute Gasteiger partial charge is 0.242 e. The molecule has 4 nitrogen and oxygen atoms in total. The highest BCUT2D eigenvalue weighted by molar-refractivity contribution is 6.70. The van der Waals surface area contributed by atoms with Gasteiger partial charge in [0.15, 0.2) is 0 Å². The third-order valence-corrected chi connectivity index (χ3v) is 3.36. The van der Waals surface area contributed by atoms with Gasteiger partial charge < -0.3 is 4.43 Å². The first kappa shape index (κ1) is 14.4. The molecule has 0 bridgehead atoms. The molecule has 0 saturated heterocycles. The van der Waals surface area contributed by atoms with E-state index in [1.54, 1.807) is 18.6 Å². The largest absolute Gasteiger partial charge is 0.543 e. The van der Waals surface area contributed by atoms with Gasteiger partial charge in [0.2, 0.25) is 8.32 Å². The van der Waals surface area contributed by atoms with Crippen LogP contribution in [0.2, 0.25) is 19.6 Å². The van der Waals surface area contributed by atoms with Crippen LogP contribution in [0, 0.1) is 6.92 Å². The van der Waals surface area contributed by atoms with E-state index in [0.717, 1.165) is 22.8 Å². The summed E-state index contributed by atoms with van der Waals surface area (Å²) in [6.07, 6.45) is 5.07. The second-order valence-corrected chi connectivity index (χ2v) is 9.90. The minimum Gasteiger partial charge on any atom is -0.543 e. The molecule has 0 saturated carbocycles. The van der Waals surface area contributed by atoms with Crippen molar-refractivity contribution in [2.45, 2.75) is 26.6 Å². The minimum atomic E-state index is -1.65. The van der Waals surface area contributed by atoms with E-state index in [4.69, 9.17) is 4.43 Å². The Bertz CT molecular complexity index is 621. The fourth-order valence-corrected chi connectivity index (χ4v) is 2.49. The summed E-state index contributed by atoms with van der Waals surface area (Å²) in [5.41, 5.74) is 2.45. The SMILES string of the molecule is Cc1nccnc1C=Nc1ccccc1O[Si](C)(C)C. The summed E-state index contributed by atoms with van der Waals surface area (Å²) >= 11 is 0. The number of aromatic nitrogens is 2. The maximum absolute atomic E-state index is 6.04. The van der Waals surface area contributed by atoms with E-state index in [-0.39, 0.29) is 0 Å². The standard InChI is InChI=1S/C15H19N3OSi/c1-12-14(17-10-9-16-12)11-18-13-7-5-6-8-15(13)19-20(2,3)4/h5-11H,1-4H3. The first-order chi connectivity index (χ1) is 9.46. The fourth-order valence-electron chi connectivity index (χ4n) is 1.66. The van der Waals surface area contributed by atoms with E-state index in [2.05, 4.69) is 34.6 Å². The number of para-hydroxylation sites is 2. The van der Waals surface area contributed by atoms with E-state index in [1.165, 1.54) is 0 Å². The van der Waals surface area contributed by atoms with Gasteiger partial charge in [-0.2, -0.15) is 0 Å². The van der Waals surface area contributed by atoms with Crippen molar-refractivity contribution < 1.29 is 4.43 Å². The molecule has 0 aliphatic rings. The Hall–Kier alpha value is -2.01. The summed E-state index contributed by atoms with van der Waals surface area (Å²) in [5, 5.41) is 0. The van der Waals surface area contributed by atoms with E-state index in [9.17, 15) is 0 Å². The van der Waals surface area contributed by atoms with E-state index in [1.807, 2.05) is 31.2 Å². The summed E-state index contributed by atoms with van der Waals surface area (Å²) in [6.45, 7) is 8.37. The van der Waals surface area contributed by atoms with E-state index < -0.39 is 8.32 Å². The van der Waals surface area contributed by atoms with E-state index in [0.29, 0.717) is 0 Å². The first-order valence-corrected chi connectivity index (χ1v) is 9.96. The molecule has 0 atom stereocenters. The molecule has 1 heterocycles. The molecule has 0 aliphatic heterocycles. The van der Waals surface area contributed by atoms with Crippen molar-refractivity contribution in [3.05, 3.63) is 48.0 Å². The Labute approximate surface area is 120 Å². The van der Waals surface area contributed by atoms with Crippen LogP contribution in [0.1, 0.15) is 11.4 Å². The summed E-state index contributed by atoms with van der Waals surface area (Å²) < 4.78 is 6.04. The van der Waals surface area contributed by atoms with Crippen LogP contribution in [0.25, 0.3) is 0 Å². The van der Waals surface area contributed by atoms with Crippen molar-refractivity contribution in [1.82, 2.24) is 9.97 Å². The quantitative estimate of drug-likeness (QED) is 0.635. The number of benzene rings is 1. The van der Waals surface area contributed by atoms with Crippen LogP contribution >= 0.6 is 0 Å². The average molecular weight is 285 g/mol. The molecule has 20 heavy (non-hydrogen) atoms. The van der Waals surface area contributed by atoms with Crippen LogP contribution in [0.3, 0.4) is 0 Å². The highest BCUT2D eigenvalue weighted by Gasteiger charge is 2.17. The monoisotopic (exact) mass is 285 g/mol. The molecule has 1 aromatic carbocycles. The molecule has 0 amide bonds. The molecular formula is C15H19N3OSi. The third kappa shape index (κ3) is 3.99. The van der Waals surface area contributed by atoms with Crippen molar-refractivity contribution in [2.24, 2.45) is 4.99 Å². The molecule has 0 aliphatic carbocycles. The summed E-state index contributed by atoms with van der Waals surface area (Å²) in [4.78, 5) is 12.9. The highest BCUT2D eigenvalue weighted by atomic mass is 28.4. The molecule has 2 rings (SSSR count). The molecule has 0 spiro atoms. The zero-order valence-electron chi connectivity index (χ0n) is 12.3. The highest BCUT2D eigenvalue weighted by Crippen LogP contribution is 2.29. The average Bonchev–Trinajstić information content (AvgIpc) is 2.37. The van der Waals surface area contributed by atoms with Crippen molar-refractivity contribution in [3.63, 3.8) is 0 Å². The zero-order chi connectivity index (χ0) is 14.6. The van der Waals surface area contributed by atoms with Gasteiger partial charge >= 0.3 is 0 Å².